The Balaban J connectivity index is 2.30. The molecule has 0 saturated carbocycles. The fourth-order valence-electron chi connectivity index (χ4n) is 3.01. The highest BCUT2D eigenvalue weighted by atomic mass is 79.9. The highest BCUT2D eigenvalue weighted by Crippen LogP contribution is 2.55. The maximum Gasteiger partial charge on any atom is 0.115 e. The third-order valence-electron chi connectivity index (χ3n) is 4.06. The molecule has 0 aliphatic rings. The zero-order valence-corrected chi connectivity index (χ0v) is 15.3. The van der Waals surface area contributed by atoms with Crippen molar-refractivity contribution >= 4 is 39.1 Å². The van der Waals surface area contributed by atoms with Crippen molar-refractivity contribution < 1.29 is 0 Å². The first kappa shape index (κ1) is 16.2. The zero-order valence-electron chi connectivity index (χ0n) is 12.8. The molecule has 0 saturated heterocycles. The third kappa shape index (κ3) is 3.32. The van der Waals surface area contributed by atoms with Crippen molar-refractivity contribution in [2.75, 3.05) is 6.16 Å². The fourth-order valence-corrected chi connectivity index (χ4v) is 7.48. The monoisotopic (exact) mass is 381 g/mol. The van der Waals surface area contributed by atoms with Crippen LogP contribution in [0.4, 0.5) is 0 Å². The van der Waals surface area contributed by atoms with E-state index in [9.17, 15) is 0 Å². The molecule has 0 spiro atoms. The SMILES string of the molecule is BrC=CC[P+](c1ccccc1)(c1ccccc1)c1ccccc1. The van der Waals surface area contributed by atoms with Crippen LogP contribution in [0.2, 0.25) is 0 Å². The number of hydrogen-bond acceptors (Lipinski definition) is 0. The molecule has 114 valence electrons. The van der Waals surface area contributed by atoms with Crippen LogP contribution in [0, 0.1) is 0 Å². The molecule has 0 amide bonds. The Bertz CT molecular complexity index is 655. The minimum atomic E-state index is -1.69. The van der Waals surface area contributed by atoms with Gasteiger partial charge in [0.2, 0.25) is 0 Å². The van der Waals surface area contributed by atoms with Crippen LogP contribution in [0.5, 0.6) is 0 Å². The van der Waals surface area contributed by atoms with Gasteiger partial charge < -0.3 is 0 Å². The molecule has 3 aromatic rings. The van der Waals surface area contributed by atoms with Gasteiger partial charge in [-0.2, -0.15) is 0 Å². The Morgan fingerprint density at radius 2 is 0.957 bits per heavy atom. The molecule has 3 aromatic carbocycles. The molecule has 2 heteroatoms. The molecule has 0 aromatic heterocycles. The first-order chi connectivity index (χ1) is 11.4. The second-order valence-corrected chi connectivity index (χ2v) is 9.42. The quantitative estimate of drug-likeness (QED) is 0.552. The molecule has 0 unspecified atom stereocenters. The van der Waals surface area contributed by atoms with Crippen LogP contribution in [-0.4, -0.2) is 6.16 Å². The molecule has 0 aliphatic carbocycles. The fraction of sp³-hybridized carbons (Fsp3) is 0.0476. The van der Waals surface area contributed by atoms with Crippen molar-refractivity contribution in [3.8, 4) is 0 Å². The average Bonchev–Trinajstić information content (AvgIpc) is 2.65. The first-order valence-corrected chi connectivity index (χ1v) is 10.6. The Hall–Kier alpha value is -1.69. The Morgan fingerprint density at radius 3 is 1.26 bits per heavy atom. The summed E-state index contributed by atoms with van der Waals surface area (Å²) in [6, 6.07) is 32.8. The van der Waals surface area contributed by atoms with E-state index >= 15 is 0 Å². The summed E-state index contributed by atoms with van der Waals surface area (Å²) in [5.41, 5.74) is 0. The van der Waals surface area contributed by atoms with Crippen molar-refractivity contribution in [3.05, 3.63) is 102 Å². The van der Waals surface area contributed by atoms with Gasteiger partial charge in [0.05, 0.1) is 6.16 Å². The summed E-state index contributed by atoms with van der Waals surface area (Å²) >= 11 is 3.46. The van der Waals surface area contributed by atoms with E-state index < -0.39 is 7.26 Å². The number of benzene rings is 3. The molecule has 0 aliphatic heterocycles. The van der Waals surface area contributed by atoms with Crippen molar-refractivity contribution in [2.45, 2.75) is 0 Å². The van der Waals surface area contributed by atoms with E-state index in [1.165, 1.54) is 15.9 Å². The molecule has 0 N–H and O–H groups in total. The minimum Gasteiger partial charge on any atom is -0.0620 e. The van der Waals surface area contributed by atoms with Gasteiger partial charge in [0.25, 0.3) is 0 Å². The largest absolute Gasteiger partial charge is 0.115 e. The Labute approximate surface area is 147 Å². The maximum atomic E-state index is 3.46. The predicted octanol–water partition coefficient (Wildman–Crippen LogP) is 4.89. The third-order valence-corrected chi connectivity index (χ3v) is 8.73. The highest BCUT2D eigenvalue weighted by molar-refractivity contribution is 9.11. The molecule has 0 atom stereocenters. The van der Waals surface area contributed by atoms with E-state index in [2.05, 4.69) is 113 Å². The number of hydrogen-bond donors (Lipinski definition) is 0. The summed E-state index contributed by atoms with van der Waals surface area (Å²) in [6.07, 6.45) is 3.25. The lowest BCUT2D eigenvalue weighted by Crippen LogP contribution is -2.32. The molecule has 0 bridgehead atoms. The van der Waals surface area contributed by atoms with E-state index in [-0.39, 0.29) is 0 Å². The van der Waals surface area contributed by atoms with Crippen LogP contribution in [0.3, 0.4) is 0 Å². The van der Waals surface area contributed by atoms with E-state index in [0.717, 1.165) is 6.16 Å². The van der Waals surface area contributed by atoms with E-state index in [1.54, 1.807) is 0 Å². The van der Waals surface area contributed by atoms with Crippen LogP contribution < -0.4 is 15.9 Å². The summed E-state index contributed by atoms with van der Waals surface area (Å²) in [7, 11) is -1.69. The molecule has 0 heterocycles. The van der Waals surface area contributed by atoms with Gasteiger partial charge >= 0.3 is 0 Å². The van der Waals surface area contributed by atoms with E-state index in [1.807, 2.05) is 4.99 Å². The zero-order chi connectivity index (χ0) is 16.0. The van der Waals surface area contributed by atoms with Crippen LogP contribution in [0.1, 0.15) is 0 Å². The molecule has 0 radical (unpaired) electrons. The van der Waals surface area contributed by atoms with E-state index in [0.29, 0.717) is 0 Å². The topological polar surface area (TPSA) is 0 Å². The van der Waals surface area contributed by atoms with Crippen LogP contribution in [0.15, 0.2) is 102 Å². The maximum absolute atomic E-state index is 3.46. The summed E-state index contributed by atoms with van der Waals surface area (Å²) in [5, 5.41) is 4.26. The lowest BCUT2D eigenvalue weighted by atomic mass is 10.4. The van der Waals surface area contributed by atoms with Gasteiger partial charge in [-0.05, 0) is 47.5 Å². The lowest BCUT2D eigenvalue weighted by molar-refractivity contribution is 1.66. The average molecular weight is 382 g/mol. The molecular formula is C21H19BrP+. The molecule has 0 nitrogen and oxygen atoms in total. The molecule has 3 rings (SSSR count). The van der Waals surface area contributed by atoms with Gasteiger partial charge in [0.1, 0.15) is 23.2 Å². The van der Waals surface area contributed by atoms with Crippen LogP contribution >= 0.6 is 23.2 Å². The Morgan fingerprint density at radius 1 is 0.609 bits per heavy atom. The summed E-state index contributed by atoms with van der Waals surface area (Å²) in [5.74, 6) is 0. The standard InChI is InChI=1S/C21H19BrP/c22-17-10-18-23(19-11-4-1-5-12-19,20-13-6-2-7-14-20)21-15-8-3-9-16-21/h1-17H,18H2/q+1. The number of allylic oxidation sites excluding steroid dienone is 1. The summed E-state index contributed by atoms with van der Waals surface area (Å²) < 4.78 is 0. The lowest BCUT2D eigenvalue weighted by Gasteiger charge is -2.26. The number of rotatable bonds is 5. The molecular weight excluding hydrogens is 363 g/mol. The predicted molar refractivity (Wildman–Crippen MR) is 108 cm³/mol. The Kier molecular flexibility index (Phi) is 5.43. The summed E-state index contributed by atoms with van der Waals surface area (Å²) in [4.78, 5) is 1.98. The van der Waals surface area contributed by atoms with Crippen LogP contribution in [-0.2, 0) is 0 Å². The van der Waals surface area contributed by atoms with Gasteiger partial charge in [-0.25, -0.2) is 0 Å². The highest BCUT2D eigenvalue weighted by Gasteiger charge is 2.43. The summed E-state index contributed by atoms with van der Waals surface area (Å²) in [6.45, 7) is 0. The minimum absolute atomic E-state index is 1.01. The normalized spacial score (nSPS) is 11.7. The first-order valence-electron chi connectivity index (χ1n) is 7.68. The number of halogens is 1. The van der Waals surface area contributed by atoms with Crippen molar-refractivity contribution in [1.82, 2.24) is 0 Å². The van der Waals surface area contributed by atoms with Gasteiger partial charge in [0.15, 0.2) is 0 Å². The van der Waals surface area contributed by atoms with E-state index in [4.69, 9.17) is 0 Å². The van der Waals surface area contributed by atoms with Gasteiger partial charge in [0, 0.05) is 0 Å². The van der Waals surface area contributed by atoms with Gasteiger partial charge in [-0.15, -0.1) is 0 Å². The van der Waals surface area contributed by atoms with Crippen molar-refractivity contribution in [2.24, 2.45) is 0 Å². The van der Waals surface area contributed by atoms with Gasteiger partial charge in [-0.3, -0.25) is 0 Å². The van der Waals surface area contributed by atoms with Crippen molar-refractivity contribution in [1.29, 1.82) is 0 Å². The smallest absolute Gasteiger partial charge is 0.0620 e. The second-order valence-electron chi connectivity index (χ2n) is 5.36. The second kappa shape index (κ2) is 7.73. The van der Waals surface area contributed by atoms with Crippen molar-refractivity contribution in [3.63, 3.8) is 0 Å². The molecule has 0 fully saturated rings. The van der Waals surface area contributed by atoms with Crippen LogP contribution in [0.25, 0.3) is 0 Å². The van der Waals surface area contributed by atoms with Gasteiger partial charge in [-0.1, -0.05) is 70.5 Å². The molecule has 23 heavy (non-hydrogen) atoms.